The van der Waals surface area contributed by atoms with Crippen molar-refractivity contribution in [1.82, 2.24) is 9.97 Å². The fraction of sp³-hybridized carbons (Fsp3) is 0.706. The average molecular weight is 320 g/mol. The van der Waals surface area contributed by atoms with Crippen molar-refractivity contribution in [3.05, 3.63) is 18.0 Å². The quantitative estimate of drug-likeness (QED) is 0.482. The van der Waals surface area contributed by atoms with Gasteiger partial charge in [-0.05, 0) is 43.6 Å². The second-order valence-corrected chi connectivity index (χ2v) is 8.30. The molecule has 0 saturated heterocycles. The van der Waals surface area contributed by atoms with Gasteiger partial charge >= 0.3 is 5.97 Å². The SMILES string of the molecule is Cc1ccnc(SCC(=O)O[C@@H]2C[C@H]3CC[C@@]2(C)C3(C)C)n1. The highest BCUT2D eigenvalue weighted by atomic mass is 32.2. The summed E-state index contributed by atoms with van der Waals surface area (Å²) in [5.74, 6) is 0.814. The Labute approximate surface area is 136 Å². The average Bonchev–Trinajstić information content (AvgIpc) is 2.78. The van der Waals surface area contributed by atoms with E-state index in [1.165, 1.54) is 18.2 Å². The lowest BCUT2D eigenvalue weighted by Gasteiger charge is -2.38. The van der Waals surface area contributed by atoms with Crippen LogP contribution in [0.1, 0.15) is 45.7 Å². The number of nitrogens with zero attached hydrogens (tertiary/aromatic N) is 2. The van der Waals surface area contributed by atoms with Gasteiger partial charge in [-0.3, -0.25) is 4.79 Å². The maximum absolute atomic E-state index is 12.2. The third kappa shape index (κ3) is 2.53. The lowest BCUT2D eigenvalue weighted by atomic mass is 9.70. The van der Waals surface area contributed by atoms with E-state index in [4.69, 9.17) is 4.74 Å². The van der Waals surface area contributed by atoms with Crippen LogP contribution >= 0.6 is 11.8 Å². The van der Waals surface area contributed by atoms with Gasteiger partial charge in [0, 0.05) is 17.3 Å². The normalized spacial score (nSPS) is 32.2. The van der Waals surface area contributed by atoms with Crippen molar-refractivity contribution in [2.75, 3.05) is 5.75 Å². The molecule has 2 fully saturated rings. The number of aromatic nitrogens is 2. The molecule has 0 aliphatic heterocycles. The Hall–Kier alpha value is -1.10. The maximum atomic E-state index is 12.2. The van der Waals surface area contributed by atoms with Crippen LogP contribution < -0.4 is 0 Å². The van der Waals surface area contributed by atoms with E-state index in [-0.39, 0.29) is 28.7 Å². The van der Waals surface area contributed by atoms with E-state index in [1.807, 2.05) is 13.0 Å². The summed E-state index contributed by atoms with van der Waals surface area (Å²) in [7, 11) is 0. The van der Waals surface area contributed by atoms with Gasteiger partial charge in [0.1, 0.15) is 6.10 Å². The smallest absolute Gasteiger partial charge is 0.316 e. The summed E-state index contributed by atoms with van der Waals surface area (Å²) in [6.07, 6.45) is 5.23. The number of esters is 1. The van der Waals surface area contributed by atoms with Gasteiger partial charge in [0.05, 0.1) is 5.75 Å². The second kappa shape index (κ2) is 5.52. The lowest BCUT2D eigenvalue weighted by Crippen LogP contribution is -2.38. The number of thioether (sulfide) groups is 1. The van der Waals surface area contributed by atoms with E-state index < -0.39 is 0 Å². The van der Waals surface area contributed by atoms with Crippen LogP contribution in [0.5, 0.6) is 0 Å². The zero-order chi connectivity index (χ0) is 16.0. The lowest BCUT2D eigenvalue weighted by molar-refractivity contribution is -0.153. The molecular formula is C17H24N2O2S. The number of hydrogen-bond acceptors (Lipinski definition) is 5. The highest BCUT2D eigenvalue weighted by Gasteiger charge is 2.62. The molecule has 0 unspecified atom stereocenters. The van der Waals surface area contributed by atoms with E-state index >= 15 is 0 Å². The molecule has 2 aliphatic carbocycles. The van der Waals surface area contributed by atoms with Gasteiger partial charge < -0.3 is 4.74 Å². The minimum atomic E-state index is -0.148. The number of fused-ring (bicyclic) bond motifs is 2. The molecule has 3 rings (SSSR count). The largest absolute Gasteiger partial charge is 0.461 e. The molecule has 2 bridgehead atoms. The van der Waals surface area contributed by atoms with Gasteiger partial charge in [0.2, 0.25) is 0 Å². The maximum Gasteiger partial charge on any atom is 0.316 e. The zero-order valence-corrected chi connectivity index (χ0v) is 14.6. The first-order valence-electron chi connectivity index (χ1n) is 7.95. The van der Waals surface area contributed by atoms with Crippen molar-refractivity contribution in [1.29, 1.82) is 0 Å². The molecule has 1 aromatic rings. The number of ether oxygens (including phenoxy) is 1. The van der Waals surface area contributed by atoms with Gasteiger partial charge in [-0.2, -0.15) is 0 Å². The molecule has 0 amide bonds. The molecule has 120 valence electrons. The van der Waals surface area contributed by atoms with Crippen LogP contribution in [0.2, 0.25) is 0 Å². The first-order chi connectivity index (χ1) is 10.3. The molecule has 0 spiro atoms. The molecule has 2 aliphatic rings. The Kier molecular flexibility index (Phi) is 3.96. The fourth-order valence-corrected chi connectivity index (χ4v) is 4.78. The molecule has 0 aromatic carbocycles. The van der Waals surface area contributed by atoms with Gasteiger partial charge in [-0.15, -0.1) is 0 Å². The predicted molar refractivity (Wildman–Crippen MR) is 86.6 cm³/mol. The summed E-state index contributed by atoms with van der Waals surface area (Å²) in [4.78, 5) is 20.6. The van der Waals surface area contributed by atoms with Crippen molar-refractivity contribution in [2.45, 2.75) is 58.2 Å². The van der Waals surface area contributed by atoms with Crippen molar-refractivity contribution < 1.29 is 9.53 Å². The predicted octanol–water partition coefficient (Wildman–Crippen LogP) is 3.64. The summed E-state index contributed by atoms with van der Waals surface area (Å²) in [6, 6.07) is 1.85. The third-order valence-corrected chi connectivity index (χ3v) is 6.91. The van der Waals surface area contributed by atoms with Crippen LogP contribution in [0.25, 0.3) is 0 Å². The number of rotatable bonds is 4. The van der Waals surface area contributed by atoms with Crippen LogP contribution in [-0.4, -0.2) is 27.8 Å². The van der Waals surface area contributed by atoms with E-state index in [1.54, 1.807) is 6.20 Å². The van der Waals surface area contributed by atoms with Crippen molar-refractivity contribution in [3.63, 3.8) is 0 Å². The summed E-state index contributed by atoms with van der Waals surface area (Å²) >= 11 is 1.35. The summed E-state index contributed by atoms with van der Waals surface area (Å²) in [6.45, 7) is 8.86. The van der Waals surface area contributed by atoms with Crippen LogP contribution in [0.15, 0.2) is 17.4 Å². The van der Waals surface area contributed by atoms with E-state index in [0.717, 1.165) is 18.5 Å². The van der Waals surface area contributed by atoms with E-state index in [0.29, 0.717) is 11.1 Å². The number of carbonyl (C=O) groups is 1. The number of hydrogen-bond donors (Lipinski definition) is 0. The minimum absolute atomic E-state index is 0.0628. The highest BCUT2D eigenvalue weighted by molar-refractivity contribution is 7.99. The molecule has 5 heteroatoms. The fourth-order valence-electron chi connectivity index (χ4n) is 4.12. The number of carbonyl (C=O) groups excluding carboxylic acids is 1. The Morgan fingerprint density at radius 1 is 1.45 bits per heavy atom. The summed E-state index contributed by atoms with van der Waals surface area (Å²) in [5, 5.41) is 0.636. The van der Waals surface area contributed by atoms with Crippen molar-refractivity contribution in [2.24, 2.45) is 16.7 Å². The van der Waals surface area contributed by atoms with Gasteiger partial charge in [0.15, 0.2) is 5.16 Å². The second-order valence-electron chi connectivity index (χ2n) is 7.36. The molecule has 2 saturated carbocycles. The summed E-state index contributed by atoms with van der Waals surface area (Å²) < 4.78 is 5.82. The van der Waals surface area contributed by atoms with Crippen LogP contribution in [0.4, 0.5) is 0 Å². The first kappa shape index (κ1) is 15.8. The van der Waals surface area contributed by atoms with Crippen molar-refractivity contribution in [3.8, 4) is 0 Å². The van der Waals surface area contributed by atoms with Crippen molar-refractivity contribution >= 4 is 17.7 Å². The zero-order valence-electron chi connectivity index (χ0n) is 13.8. The molecule has 1 heterocycles. The Morgan fingerprint density at radius 2 is 2.23 bits per heavy atom. The summed E-state index contributed by atoms with van der Waals surface area (Å²) in [5.41, 5.74) is 1.30. The highest BCUT2D eigenvalue weighted by Crippen LogP contribution is 2.66. The monoisotopic (exact) mass is 320 g/mol. The van der Waals surface area contributed by atoms with E-state index in [9.17, 15) is 4.79 Å². The van der Waals surface area contributed by atoms with Crippen LogP contribution in [0, 0.1) is 23.7 Å². The van der Waals surface area contributed by atoms with Gasteiger partial charge in [0.25, 0.3) is 0 Å². The van der Waals surface area contributed by atoms with Gasteiger partial charge in [-0.25, -0.2) is 9.97 Å². The standard InChI is InChI=1S/C17H24N2O2S/c1-11-6-8-18-15(19-11)22-10-14(20)21-13-9-12-5-7-17(13,4)16(12,2)3/h6,8,12-13H,5,7,9-10H2,1-4H3/t12-,13-,17-/m1/s1. The first-order valence-corrected chi connectivity index (χ1v) is 8.93. The number of aryl methyl sites for hydroxylation is 1. The molecule has 4 nitrogen and oxygen atoms in total. The topological polar surface area (TPSA) is 52.1 Å². The Balaban J connectivity index is 1.57. The van der Waals surface area contributed by atoms with Crippen LogP contribution in [0.3, 0.4) is 0 Å². The third-order valence-electron chi connectivity index (χ3n) is 6.08. The molecule has 1 aromatic heterocycles. The molecular weight excluding hydrogens is 296 g/mol. The Bertz CT molecular complexity index is 590. The minimum Gasteiger partial charge on any atom is -0.461 e. The molecule has 22 heavy (non-hydrogen) atoms. The molecule has 0 radical (unpaired) electrons. The molecule has 3 atom stereocenters. The Morgan fingerprint density at radius 3 is 2.82 bits per heavy atom. The molecule has 0 N–H and O–H groups in total. The van der Waals surface area contributed by atoms with Crippen LogP contribution in [-0.2, 0) is 9.53 Å². The van der Waals surface area contributed by atoms with E-state index in [2.05, 4.69) is 30.7 Å². The van der Waals surface area contributed by atoms with Gasteiger partial charge in [-0.1, -0.05) is 32.5 Å².